The number of para-hydroxylation sites is 1. The first-order valence-corrected chi connectivity index (χ1v) is 9.98. The maximum atomic E-state index is 13.2. The average Bonchev–Trinajstić information content (AvgIpc) is 3.24. The quantitative estimate of drug-likeness (QED) is 0.435. The van der Waals surface area contributed by atoms with Crippen molar-refractivity contribution in [3.8, 4) is 22.6 Å². The number of fused-ring (bicyclic) bond motifs is 1. The van der Waals surface area contributed by atoms with E-state index in [0.717, 1.165) is 5.69 Å². The summed E-state index contributed by atoms with van der Waals surface area (Å²) < 4.78 is 18.1. The van der Waals surface area contributed by atoms with E-state index in [9.17, 15) is 9.59 Å². The van der Waals surface area contributed by atoms with Gasteiger partial charge in [-0.25, -0.2) is 9.48 Å². The van der Waals surface area contributed by atoms with Crippen molar-refractivity contribution >= 4 is 16.9 Å². The van der Waals surface area contributed by atoms with Gasteiger partial charge >= 0.3 is 5.97 Å². The Balaban J connectivity index is 1.69. The lowest BCUT2D eigenvalue weighted by Gasteiger charge is -2.14. The Labute approximate surface area is 178 Å². The molecule has 4 rings (SSSR count). The molecular weight excluding hydrogens is 396 g/mol. The molecule has 2 aromatic carbocycles. The van der Waals surface area contributed by atoms with Gasteiger partial charge < -0.3 is 13.9 Å². The molecule has 2 aromatic heterocycles. The molecule has 0 fully saturated rings. The highest BCUT2D eigenvalue weighted by molar-refractivity contribution is 5.85. The van der Waals surface area contributed by atoms with Crippen molar-refractivity contribution in [1.82, 2.24) is 9.78 Å². The lowest BCUT2D eigenvalue weighted by molar-refractivity contribution is -0.150. The highest BCUT2D eigenvalue weighted by Gasteiger charge is 2.18. The van der Waals surface area contributed by atoms with Crippen LogP contribution in [0.15, 0.2) is 70.3 Å². The third-order valence-electron chi connectivity index (χ3n) is 4.89. The summed E-state index contributed by atoms with van der Waals surface area (Å²) >= 11 is 0. The van der Waals surface area contributed by atoms with E-state index in [1.807, 2.05) is 30.3 Å². The number of carbonyl (C=O) groups excluding carboxylic acids is 1. The van der Waals surface area contributed by atoms with Crippen LogP contribution < -0.4 is 10.2 Å². The first-order valence-electron chi connectivity index (χ1n) is 9.98. The lowest BCUT2D eigenvalue weighted by atomic mass is 10.1. The van der Waals surface area contributed by atoms with Crippen molar-refractivity contribution in [1.29, 1.82) is 0 Å². The van der Waals surface area contributed by atoms with Gasteiger partial charge in [-0.2, -0.15) is 5.10 Å². The maximum absolute atomic E-state index is 13.2. The standard InChI is InChI=1S/C24H22N2O5/c1-4-29-24(28)16(3)31-19-10-15(2)22-21(11-19)30-14-20(23(22)27)17-12-25-26(13-17)18-8-6-5-7-9-18/h5-14,16H,4H2,1-3H3/t16-/m0/s1. The van der Waals surface area contributed by atoms with Gasteiger partial charge in [0.05, 0.1) is 29.4 Å². The number of carbonyl (C=O) groups is 1. The molecular formula is C24H22N2O5. The van der Waals surface area contributed by atoms with Crippen molar-refractivity contribution in [2.75, 3.05) is 6.61 Å². The minimum atomic E-state index is -0.772. The zero-order valence-electron chi connectivity index (χ0n) is 17.5. The number of aryl methyl sites for hydroxylation is 1. The van der Waals surface area contributed by atoms with Gasteiger partial charge in [0.1, 0.15) is 17.6 Å². The highest BCUT2D eigenvalue weighted by Crippen LogP contribution is 2.27. The van der Waals surface area contributed by atoms with Gasteiger partial charge in [-0.05, 0) is 44.5 Å². The van der Waals surface area contributed by atoms with E-state index in [0.29, 0.717) is 33.4 Å². The summed E-state index contributed by atoms with van der Waals surface area (Å²) in [5.74, 6) is -0.0224. The Hall–Kier alpha value is -3.87. The number of aromatic nitrogens is 2. The van der Waals surface area contributed by atoms with Crippen LogP contribution in [0.3, 0.4) is 0 Å². The number of ether oxygens (including phenoxy) is 2. The molecule has 7 nitrogen and oxygen atoms in total. The third-order valence-corrected chi connectivity index (χ3v) is 4.89. The second kappa shape index (κ2) is 8.47. The molecule has 0 N–H and O–H groups in total. The number of esters is 1. The fourth-order valence-corrected chi connectivity index (χ4v) is 3.38. The van der Waals surface area contributed by atoms with Gasteiger partial charge in [0.15, 0.2) is 6.10 Å². The van der Waals surface area contributed by atoms with E-state index in [-0.39, 0.29) is 12.0 Å². The molecule has 0 aliphatic rings. The molecule has 0 bridgehead atoms. The van der Waals surface area contributed by atoms with E-state index in [1.54, 1.807) is 50.0 Å². The number of nitrogens with zero attached hydrogens (tertiary/aromatic N) is 2. The highest BCUT2D eigenvalue weighted by atomic mass is 16.6. The minimum absolute atomic E-state index is 0.156. The Morgan fingerprint density at radius 1 is 1.23 bits per heavy atom. The molecule has 0 saturated carbocycles. The van der Waals surface area contributed by atoms with E-state index in [2.05, 4.69) is 5.10 Å². The van der Waals surface area contributed by atoms with Crippen LogP contribution in [0.5, 0.6) is 5.75 Å². The first kappa shape index (κ1) is 20.4. The zero-order valence-corrected chi connectivity index (χ0v) is 17.5. The van der Waals surface area contributed by atoms with Gasteiger partial charge in [-0.3, -0.25) is 4.79 Å². The monoisotopic (exact) mass is 418 g/mol. The topological polar surface area (TPSA) is 83.6 Å². The molecule has 7 heteroatoms. The minimum Gasteiger partial charge on any atom is -0.479 e. The summed E-state index contributed by atoms with van der Waals surface area (Å²) in [4.78, 5) is 25.0. The van der Waals surface area contributed by atoms with Crippen LogP contribution >= 0.6 is 0 Å². The first-order chi connectivity index (χ1) is 15.0. The summed E-state index contributed by atoms with van der Waals surface area (Å²) in [5, 5.41) is 4.82. The normalized spacial score (nSPS) is 12.0. The summed E-state index contributed by atoms with van der Waals surface area (Å²) in [6.45, 7) is 5.43. The van der Waals surface area contributed by atoms with Gasteiger partial charge in [-0.15, -0.1) is 0 Å². The molecule has 0 saturated heterocycles. The molecule has 0 spiro atoms. The smallest absolute Gasteiger partial charge is 0.347 e. The molecule has 1 atom stereocenters. The van der Waals surface area contributed by atoms with Crippen LogP contribution in [0, 0.1) is 6.92 Å². The number of hydrogen-bond donors (Lipinski definition) is 0. The van der Waals surface area contributed by atoms with Crippen molar-refractivity contribution in [2.45, 2.75) is 26.9 Å². The van der Waals surface area contributed by atoms with Crippen LogP contribution in [-0.2, 0) is 9.53 Å². The summed E-state index contributed by atoms with van der Waals surface area (Å²) in [7, 11) is 0. The van der Waals surface area contributed by atoms with Crippen LogP contribution in [0.4, 0.5) is 0 Å². The molecule has 2 heterocycles. The molecule has 0 unspecified atom stereocenters. The number of benzene rings is 2. The van der Waals surface area contributed by atoms with Crippen molar-refractivity contribution < 1.29 is 18.7 Å². The van der Waals surface area contributed by atoms with E-state index in [4.69, 9.17) is 13.9 Å². The van der Waals surface area contributed by atoms with Crippen LogP contribution in [0.2, 0.25) is 0 Å². The summed E-state index contributed by atoms with van der Waals surface area (Å²) in [5.41, 5.74) is 2.90. The molecule has 158 valence electrons. The molecule has 0 radical (unpaired) electrons. The molecule has 4 aromatic rings. The Morgan fingerprint density at radius 2 is 2.00 bits per heavy atom. The van der Waals surface area contributed by atoms with Crippen molar-refractivity contribution in [2.24, 2.45) is 0 Å². The molecule has 0 aliphatic heterocycles. The van der Waals surface area contributed by atoms with Crippen LogP contribution in [-0.4, -0.2) is 28.5 Å². The Kier molecular flexibility index (Phi) is 5.58. The second-order valence-corrected chi connectivity index (χ2v) is 7.11. The van der Waals surface area contributed by atoms with Crippen molar-refractivity contribution in [3.63, 3.8) is 0 Å². The fraction of sp³-hybridized carbons (Fsp3) is 0.208. The Bertz CT molecular complexity index is 1290. The molecule has 0 aliphatic carbocycles. The van der Waals surface area contributed by atoms with Gasteiger partial charge in [0.2, 0.25) is 5.43 Å². The van der Waals surface area contributed by atoms with E-state index in [1.165, 1.54) is 6.26 Å². The van der Waals surface area contributed by atoms with Crippen LogP contribution in [0.1, 0.15) is 19.4 Å². The summed E-state index contributed by atoms with van der Waals surface area (Å²) in [6.07, 6.45) is 4.08. The average molecular weight is 418 g/mol. The predicted molar refractivity (Wildman–Crippen MR) is 117 cm³/mol. The van der Waals surface area contributed by atoms with Crippen LogP contribution in [0.25, 0.3) is 27.8 Å². The number of rotatable bonds is 6. The molecule has 31 heavy (non-hydrogen) atoms. The number of hydrogen-bond acceptors (Lipinski definition) is 6. The maximum Gasteiger partial charge on any atom is 0.347 e. The predicted octanol–water partition coefficient (Wildman–Crippen LogP) is 4.28. The van der Waals surface area contributed by atoms with Gasteiger partial charge in [0.25, 0.3) is 0 Å². The SMILES string of the molecule is CCOC(=O)[C@H](C)Oc1cc(C)c2c(=O)c(-c3cnn(-c4ccccc4)c3)coc2c1. The van der Waals surface area contributed by atoms with E-state index >= 15 is 0 Å². The fourth-order valence-electron chi connectivity index (χ4n) is 3.38. The molecule has 0 amide bonds. The second-order valence-electron chi connectivity index (χ2n) is 7.11. The third kappa shape index (κ3) is 4.07. The van der Waals surface area contributed by atoms with E-state index < -0.39 is 12.1 Å². The summed E-state index contributed by atoms with van der Waals surface area (Å²) in [6, 6.07) is 13.0. The zero-order chi connectivity index (χ0) is 22.0. The van der Waals surface area contributed by atoms with Gasteiger partial charge in [0, 0.05) is 17.8 Å². The van der Waals surface area contributed by atoms with Crippen molar-refractivity contribution in [3.05, 3.63) is 76.9 Å². The lowest BCUT2D eigenvalue weighted by Crippen LogP contribution is -2.26. The largest absolute Gasteiger partial charge is 0.479 e. The van der Waals surface area contributed by atoms with Gasteiger partial charge in [-0.1, -0.05) is 18.2 Å². The Morgan fingerprint density at radius 3 is 2.74 bits per heavy atom.